The number of benzene rings is 2. The molecule has 7 nitrogen and oxygen atoms in total. The third kappa shape index (κ3) is 2.67. The minimum Gasteiger partial charge on any atom is -0.449 e. The molecule has 0 bridgehead atoms. The topological polar surface area (TPSA) is 110 Å². The molecule has 0 saturated carbocycles. The van der Waals surface area contributed by atoms with E-state index in [1.54, 1.807) is 24.3 Å². The van der Waals surface area contributed by atoms with Crippen molar-refractivity contribution in [3.63, 3.8) is 0 Å². The maximum absolute atomic E-state index is 12.5. The van der Waals surface area contributed by atoms with Crippen LogP contribution < -0.4 is 14.9 Å². The molecule has 1 heterocycles. The average Bonchev–Trinajstić information content (AvgIpc) is 2.49. The fourth-order valence-electron chi connectivity index (χ4n) is 2.18. The molecule has 3 rings (SSSR count). The highest BCUT2D eigenvalue weighted by molar-refractivity contribution is 7.25. The Bertz CT molecular complexity index is 1010. The number of ether oxygens (including phenoxy) is 2. The highest BCUT2D eigenvalue weighted by Crippen LogP contribution is 2.39. The zero-order valence-corrected chi connectivity index (χ0v) is 12.1. The summed E-state index contributed by atoms with van der Waals surface area (Å²) in [7, 11) is 0. The van der Waals surface area contributed by atoms with Crippen molar-refractivity contribution in [1.29, 1.82) is 0 Å². The Kier molecular flexibility index (Phi) is 3.59. The van der Waals surface area contributed by atoms with E-state index in [4.69, 9.17) is 10.2 Å². The molecule has 0 atom stereocenters. The maximum atomic E-state index is 12.5. The van der Waals surface area contributed by atoms with Crippen molar-refractivity contribution in [2.75, 3.05) is 0 Å². The Morgan fingerprint density at radius 2 is 1.61 bits per heavy atom. The van der Waals surface area contributed by atoms with E-state index in [2.05, 4.69) is 9.47 Å². The Morgan fingerprint density at radius 1 is 0.913 bits per heavy atom. The molecule has 0 saturated heterocycles. The van der Waals surface area contributed by atoms with Crippen LogP contribution in [0.15, 0.2) is 41.2 Å². The minimum atomic E-state index is -1.64. The summed E-state index contributed by atoms with van der Waals surface area (Å²) in [5, 5.41) is 18.3. The first kappa shape index (κ1) is 14.8. The first-order valence-electron chi connectivity index (χ1n) is 6.27. The summed E-state index contributed by atoms with van der Waals surface area (Å²) in [6.07, 6.45) is -3.26. The lowest BCUT2D eigenvalue weighted by Gasteiger charge is -2.10. The van der Waals surface area contributed by atoms with Crippen LogP contribution in [0.1, 0.15) is 0 Å². The molecule has 0 amide bonds. The van der Waals surface area contributed by atoms with E-state index < -0.39 is 12.3 Å². The molecule has 0 fully saturated rings. The zero-order chi connectivity index (χ0) is 16.6. The van der Waals surface area contributed by atoms with Crippen molar-refractivity contribution in [3.05, 3.63) is 46.6 Å². The van der Waals surface area contributed by atoms with Crippen LogP contribution in [0, 0.1) is 0 Å². The largest absolute Gasteiger partial charge is 0.511 e. The molecule has 0 unspecified atom stereocenters. The molecule has 8 heteroatoms. The monoisotopic (exact) mass is 332 g/mol. The quantitative estimate of drug-likeness (QED) is 0.419. The van der Waals surface area contributed by atoms with Crippen molar-refractivity contribution in [3.8, 4) is 11.5 Å². The number of rotatable bonds is 2. The number of hydrogen-bond acceptors (Lipinski definition) is 6. The highest BCUT2D eigenvalue weighted by atomic mass is 32.1. The van der Waals surface area contributed by atoms with E-state index in [9.17, 15) is 14.4 Å². The van der Waals surface area contributed by atoms with E-state index in [1.165, 1.54) is 12.1 Å². The van der Waals surface area contributed by atoms with Gasteiger partial charge in [-0.15, -0.1) is 11.3 Å². The fraction of sp³-hybridized carbons (Fsp3) is 0. The van der Waals surface area contributed by atoms with Gasteiger partial charge in [-0.2, -0.15) is 0 Å². The van der Waals surface area contributed by atoms with Gasteiger partial charge in [0, 0.05) is 15.5 Å². The van der Waals surface area contributed by atoms with Gasteiger partial charge in [0.25, 0.3) is 0 Å². The van der Waals surface area contributed by atoms with Gasteiger partial charge in [-0.1, -0.05) is 12.1 Å². The summed E-state index contributed by atoms with van der Waals surface area (Å²) >= 11 is 1.11. The van der Waals surface area contributed by atoms with Gasteiger partial charge in [0.15, 0.2) is 16.9 Å². The normalized spacial score (nSPS) is 10.6. The summed E-state index contributed by atoms with van der Waals surface area (Å²) in [5.74, 6) is -0.608. The predicted octanol–water partition coefficient (Wildman–Crippen LogP) is 3.53. The molecule has 116 valence electrons. The summed E-state index contributed by atoms with van der Waals surface area (Å²) < 4.78 is 10.0. The van der Waals surface area contributed by atoms with Gasteiger partial charge in [-0.05, 0) is 24.3 Å². The highest BCUT2D eigenvalue weighted by Gasteiger charge is 2.19. The van der Waals surface area contributed by atoms with Crippen molar-refractivity contribution >= 4 is 43.8 Å². The SMILES string of the molecule is O=C(O)Oc1ccc2c(=O)c3ccccc3sc2c1OC(=O)O. The third-order valence-corrected chi connectivity index (χ3v) is 4.24. The number of carboxylic acid groups (broad SMARTS) is 2. The smallest absolute Gasteiger partial charge is 0.449 e. The standard InChI is InChI=1S/C15H8O7S/c16-11-7-3-1-2-4-10(7)23-13-8(11)5-6-9(21-14(17)18)12(13)22-15(19)20/h1-6H,(H,17,18)(H,19,20). The number of carbonyl (C=O) groups is 2. The molecular weight excluding hydrogens is 324 g/mol. The molecule has 0 spiro atoms. The van der Waals surface area contributed by atoms with Crippen molar-refractivity contribution in [2.45, 2.75) is 0 Å². The zero-order valence-electron chi connectivity index (χ0n) is 11.3. The lowest BCUT2D eigenvalue weighted by molar-refractivity contribution is 0.133. The second-order valence-electron chi connectivity index (χ2n) is 4.43. The lowest BCUT2D eigenvalue weighted by Crippen LogP contribution is -2.10. The van der Waals surface area contributed by atoms with Crippen molar-refractivity contribution in [2.24, 2.45) is 0 Å². The number of fused-ring (bicyclic) bond motifs is 2. The Balaban J connectivity index is 2.40. The lowest BCUT2D eigenvalue weighted by atomic mass is 10.1. The maximum Gasteiger partial charge on any atom is 0.511 e. The van der Waals surface area contributed by atoms with Crippen LogP contribution in [-0.2, 0) is 0 Å². The van der Waals surface area contributed by atoms with Crippen LogP contribution >= 0.6 is 11.3 Å². The van der Waals surface area contributed by atoms with Gasteiger partial charge in [-0.25, -0.2) is 9.59 Å². The molecule has 0 aliphatic heterocycles. The molecule has 3 aromatic rings. The molecule has 0 aliphatic carbocycles. The molecule has 0 aliphatic rings. The van der Waals surface area contributed by atoms with E-state index in [0.29, 0.717) is 10.1 Å². The number of hydrogen-bond donors (Lipinski definition) is 2. The summed E-state index contributed by atoms with van der Waals surface area (Å²) in [6, 6.07) is 9.40. The van der Waals surface area contributed by atoms with Crippen LogP contribution in [0.4, 0.5) is 9.59 Å². The van der Waals surface area contributed by atoms with Gasteiger partial charge in [0.1, 0.15) is 0 Å². The van der Waals surface area contributed by atoms with Crippen LogP contribution in [0.3, 0.4) is 0 Å². The minimum absolute atomic E-state index is 0.204. The van der Waals surface area contributed by atoms with Gasteiger partial charge >= 0.3 is 12.3 Å². The van der Waals surface area contributed by atoms with E-state index in [1.807, 2.05) is 0 Å². The van der Waals surface area contributed by atoms with Crippen molar-refractivity contribution < 1.29 is 29.3 Å². The second kappa shape index (κ2) is 5.58. The predicted molar refractivity (Wildman–Crippen MR) is 82.9 cm³/mol. The summed E-state index contributed by atoms with van der Waals surface area (Å²) in [4.78, 5) is 34.1. The second-order valence-corrected chi connectivity index (χ2v) is 5.48. The molecule has 1 aromatic heterocycles. The molecular formula is C15H8O7S. The van der Waals surface area contributed by atoms with Crippen LogP contribution in [0.5, 0.6) is 11.5 Å². The van der Waals surface area contributed by atoms with E-state index in [-0.39, 0.29) is 27.0 Å². The fourth-order valence-corrected chi connectivity index (χ4v) is 3.32. The molecule has 23 heavy (non-hydrogen) atoms. The Hall–Kier alpha value is -3.13. The van der Waals surface area contributed by atoms with Gasteiger partial charge in [0.2, 0.25) is 0 Å². The Morgan fingerprint density at radius 3 is 2.30 bits per heavy atom. The summed E-state index contributed by atoms with van der Waals surface area (Å²) in [6.45, 7) is 0. The van der Waals surface area contributed by atoms with Gasteiger partial charge < -0.3 is 19.7 Å². The molecule has 0 radical (unpaired) electrons. The van der Waals surface area contributed by atoms with Crippen molar-refractivity contribution in [1.82, 2.24) is 0 Å². The van der Waals surface area contributed by atoms with E-state index >= 15 is 0 Å². The summed E-state index contributed by atoms with van der Waals surface area (Å²) in [5.41, 5.74) is -0.300. The van der Waals surface area contributed by atoms with Crippen LogP contribution in [-0.4, -0.2) is 22.5 Å². The van der Waals surface area contributed by atoms with E-state index in [0.717, 1.165) is 11.3 Å². The third-order valence-electron chi connectivity index (χ3n) is 3.05. The first-order valence-corrected chi connectivity index (χ1v) is 7.09. The molecule has 2 N–H and O–H groups in total. The Labute approximate surface area is 131 Å². The first-order chi connectivity index (χ1) is 11.0. The van der Waals surface area contributed by atoms with Crippen LogP contribution in [0.25, 0.3) is 20.2 Å². The average molecular weight is 332 g/mol. The van der Waals surface area contributed by atoms with Gasteiger partial charge in [-0.3, -0.25) is 4.79 Å². The van der Waals surface area contributed by atoms with Gasteiger partial charge in [0.05, 0.1) is 4.70 Å². The van der Waals surface area contributed by atoms with Crippen LogP contribution in [0.2, 0.25) is 0 Å². The molecule has 2 aromatic carbocycles.